The van der Waals surface area contributed by atoms with E-state index in [0.29, 0.717) is 6.42 Å². The Morgan fingerprint density at radius 2 is 2.00 bits per heavy atom. The van der Waals surface area contributed by atoms with Crippen LogP contribution in [0.1, 0.15) is 26.7 Å². The Morgan fingerprint density at radius 3 is 2.35 bits per heavy atom. The third-order valence-electron chi connectivity index (χ3n) is 2.35. The molecule has 0 aliphatic rings. The van der Waals surface area contributed by atoms with Gasteiger partial charge in [0.15, 0.2) is 5.25 Å². The van der Waals surface area contributed by atoms with Gasteiger partial charge in [0, 0.05) is 14.1 Å². The fourth-order valence-corrected chi connectivity index (χ4v) is 2.23. The van der Waals surface area contributed by atoms with Gasteiger partial charge in [0.25, 0.3) is 0 Å². The molecule has 1 atom stereocenters. The van der Waals surface area contributed by atoms with Gasteiger partial charge in [0.2, 0.25) is 10.0 Å². The fraction of sp³-hybridized carbons (Fsp3) is 0.727. The van der Waals surface area contributed by atoms with E-state index in [1.54, 1.807) is 6.07 Å². The molecule has 0 amide bonds. The average molecular weight is 259 g/mol. The van der Waals surface area contributed by atoms with Crippen LogP contribution in [0.5, 0.6) is 0 Å². The number of hydrogen-bond acceptors (Lipinski definition) is 4. The summed E-state index contributed by atoms with van der Waals surface area (Å²) < 4.78 is 22.3. The molecule has 0 aromatic rings. The van der Waals surface area contributed by atoms with E-state index in [2.05, 4.69) is 0 Å². The second kappa shape index (κ2) is 6.03. The van der Waals surface area contributed by atoms with Crippen LogP contribution in [0.2, 0.25) is 0 Å². The summed E-state index contributed by atoms with van der Waals surface area (Å²) in [5.74, 6) is 0. The van der Waals surface area contributed by atoms with Crippen molar-refractivity contribution in [3.8, 4) is 6.07 Å². The molecule has 0 saturated carbocycles. The molecule has 0 aliphatic carbocycles. The lowest BCUT2D eigenvalue weighted by molar-refractivity contribution is 0.342. The highest BCUT2D eigenvalue weighted by molar-refractivity contribution is 7.90. The maximum absolute atomic E-state index is 11.2. The summed E-state index contributed by atoms with van der Waals surface area (Å²) in [6, 6.07) is 1.75. The number of rotatable bonds is 6. The van der Waals surface area contributed by atoms with Gasteiger partial charge in [-0.15, -0.1) is 0 Å². The minimum absolute atomic E-state index is 0.236. The van der Waals surface area contributed by atoms with E-state index in [1.807, 2.05) is 45.1 Å². The molecule has 0 heterocycles. The molecule has 0 spiro atoms. The Morgan fingerprint density at radius 1 is 1.47 bits per heavy atom. The molecule has 0 bridgehead atoms. The zero-order valence-electron chi connectivity index (χ0n) is 10.8. The summed E-state index contributed by atoms with van der Waals surface area (Å²) in [6.07, 6.45) is 4.79. The molecular weight excluding hydrogens is 238 g/mol. The minimum Gasteiger partial charge on any atom is -0.384 e. The van der Waals surface area contributed by atoms with Gasteiger partial charge >= 0.3 is 0 Å². The minimum atomic E-state index is -3.79. The van der Waals surface area contributed by atoms with Crippen LogP contribution in [0.15, 0.2) is 12.3 Å². The number of nitriles is 1. The van der Waals surface area contributed by atoms with Crippen molar-refractivity contribution in [2.45, 2.75) is 31.9 Å². The number of primary sulfonamides is 1. The highest BCUT2D eigenvalue weighted by Gasteiger charge is 2.29. The van der Waals surface area contributed by atoms with Crippen molar-refractivity contribution in [2.75, 3.05) is 14.1 Å². The van der Waals surface area contributed by atoms with Crippen LogP contribution in [-0.4, -0.2) is 32.7 Å². The van der Waals surface area contributed by atoms with Gasteiger partial charge in [-0.05, 0) is 24.5 Å². The average Bonchev–Trinajstić information content (AvgIpc) is 2.11. The SMILES string of the molecule is CN(C)C=CCC(C)(C)CC(C#N)S(N)(=O)=O. The lowest BCUT2D eigenvalue weighted by atomic mass is 9.84. The van der Waals surface area contributed by atoms with Gasteiger partial charge in [-0.25, -0.2) is 13.6 Å². The van der Waals surface area contributed by atoms with Crippen molar-refractivity contribution < 1.29 is 8.42 Å². The second-order valence-electron chi connectivity index (χ2n) is 5.13. The molecule has 0 fully saturated rings. The monoisotopic (exact) mass is 259 g/mol. The van der Waals surface area contributed by atoms with Crippen molar-refractivity contribution in [3.63, 3.8) is 0 Å². The first-order valence-electron chi connectivity index (χ1n) is 5.33. The first-order valence-corrected chi connectivity index (χ1v) is 6.94. The third-order valence-corrected chi connectivity index (χ3v) is 3.42. The molecule has 5 nitrogen and oxygen atoms in total. The highest BCUT2D eigenvalue weighted by atomic mass is 32.2. The molecule has 0 saturated heterocycles. The summed E-state index contributed by atoms with van der Waals surface area (Å²) in [5.41, 5.74) is -0.278. The Balaban J connectivity index is 4.59. The van der Waals surface area contributed by atoms with E-state index in [0.717, 1.165) is 0 Å². The van der Waals surface area contributed by atoms with Crippen molar-refractivity contribution in [1.29, 1.82) is 5.26 Å². The molecule has 1 unspecified atom stereocenters. The summed E-state index contributed by atoms with van der Waals surface area (Å²) in [4.78, 5) is 1.90. The molecule has 17 heavy (non-hydrogen) atoms. The molecule has 0 rings (SSSR count). The van der Waals surface area contributed by atoms with Gasteiger partial charge in [-0.3, -0.25) is 0 Å². The summed E-state index contributed by atoms with van der Waals surface area (Å²) >= 11 is 0. The Bertz CT molecular complexity index is 405. The van der Waals surface area contributed by atoms with E-state index < -0.39 is 15.3 Å². The predicted octanol–water partition coefficient (Wildman–Crippen LogP) is 1.05. The maximum atomic E-state index is 11.2. The van der Waals surface area contributed by atoms with Crippen LogP contribution in [0.4, 0.5) is 0 Å². The van der Waals surface area contributed by atoms with E-state index in [9.17, 15) is 8.42 Å². The lowest BCUT2D eigenvalue weighted by Gasteiger charge is -2.24. The Hall–Kier alpha value is -1.06. The largest absolute Gasteiger partial charge is 0.384 e. The van der Waals surface area contributed by atoms with Crippen LogP contribution in [0.3, 0.4) is 0 Å². The fourth-order valence-electron chi connectivity index (χ4n) is 1.40. The third kappa shape index (κ3) is 6.97. The molecule has 0 radical (unpaired) electrons. The van der Waals surface area contributed by atoms with Crippen LogP contribution in [-0.2, 0) is 10.0 Å². The predicted molar refractivity (Wildman–Crippen MR) is 68.4 cm³/mol. The van der Waals surface area contributed by atoms with Crippen LogP contribution in [0.25, 0.3) is 0 Å². The van der Waals surface area contributed by atoms with Gasteiger partial charge < -0.3 is 4.90 Å². The van der Waals surface area contributed by atoms with E-state index in [4.69, 9.17) is 10.4 Å². The first kappa shape index (κ1) is 15.9. The zero-order valence-corrected chi connectivity index (χ0v) is 11.7. The number of hydrogen-bond donors (Lipinski definition) is 1. The number of nitrogens with zero attached hydrogens (tertiary/aromatic N) is 2. The molecular formula is C11H21N3O2S. The molecule has 0 aromatic heterocycles. The lowest BCUT2D eigenvalue weighted by Crippen LogP contribution is -2.31. The number of sulfonamides is 1. The van der Waals surface area contributed by atoms with Gasteiger partial charge in [0.1, 0.15) is 0 Å². The van der Waals surface area contributed by atoms with E-state index in [-0.39, 0.29) is 11.8 Å². The van der Waals surface area contributed by atoms with Crippen molar-refractivity contribution in [1.82, 2.24) is 4.90 Å². The van der Waals surface area contributed by atoms with Crippen molar-refractivity contribution in [2.24, 2.45) is 10.6 Å². The Kier molecular flexibility index (Phi) is 5.66. The van der Waals surface area contributed by atoms with Crippen LogP contribution >= 0.6 is 0 Å². The van der Waals surface area contributed by atoms with E-state index in [1.165, 1.54) is 0 Å². The Labute approximate surface area is 104 Å². The van der Waals surface area contributed by atoms with Crippen molar-refractivity contribution in [3.05, 3.63) is 12.3 Å². The van der Waals surface area contributed by atoms with Crippen LogP contribution in [0, 0.1) is 16.7 Å². The number of nitrogens with two attached hydrogens (primary N) is 1. The highest BCUT2D eigenvalue weighted by Crippen LogP contribution is 2.28. The van der Waals surface area contributed by atoms with E-state index >= 15 is 0 Å². The standard InChI is InChI=1S/C11H21N3O2S/c1-11(2,6-5-7-14(3)4)8-10(9-12)17(13,15)16/h5,7,10H,6,8H2,1-4H3,(H2,13,15,16). The topological polar surface area (TPSA) is 87.2 Å². The quantitative estimate of drug-likeness (QED) is 0.772. The molecule has 98 valence electrons. The summed E-state index contributed by atoms with van der Waals surface area (Å²) in [5, 5.41) is 12.7. The first-order chi connectivity index (χ1) is 7.58. The zero-order chi connectivity index (χ0) is 13.7. The summed E-state index contributed by atoms with van der Waals surface area (Å²) in [6.45, 7) is 3.84. The van der Waals surface area contributed by atoms with Crippen molar-refractivity contribution >= 4 is 10.0 Å². The summed E-state index contributed by atoms with van der Waals surface area (Å²) in [7, 11) is 0.0322. The van der Waals surface area contributed by atoms with Crippen LogP contribution < -0.4 is 5.14 Å². The molecule has 6 heteroatoms. The maximum Gasteiger partial charge on any atom is 0.225 e. The molecule has 0 aromatic carbocycles. The van der Waals surface area contributed by atoms with Gasteiger partial charge in [0.05, 0.1) is 6.07 Å². The van der Waals surface area contributed by atoms with Gasteiger partial charge in [-0.2, -0.15) is 5.26 Å². The normalized spacial score (nSPS) is 14.6. The van der Waals surface area contributed by atoms with Gasteiger partial charge in [-0.1, -0.05) is 19.9 Å². The molecule has 2 N–H and O–H groups in total. The number of allylic oxidation sites excluding steroid dienone is 1. The molecule has 0 aliphatic heterocycles. The second-order valence-corrected chi connectivity index (χ2v) is 6.87. The smallest absolute Gasteiger partial charge is 0.225 e.